The van der Waals surface area contributed by atoms with Crippen molar-refractivity contribution in [2.45, 2.75) is 31.4 Å². The molecule has 0 saturated heterocycles. The minimum atomic E-state index is -3.60. The van der Waals surface area contributed by atoms with Crippen molar-refractivity contribution in [1.29, 1.82) is 0 Å². The van der Waals surface area contributed by atoms with E-state index in [1.807, 2.05) is 0 Å². The Morgan fingerprint density at radius 1 is 1.11 bits per heavy atom. The van der Waals surface area contributed by atoms with Crippen molar-refractivity contribution < 1.29 is 17.6 Å². The van der Waals surface area contributed by atoms with Gasteiger partial charge < -0.3 is 5.32 Å². The van der Waals surface area contributed by atoms with Crippen LogP contribution in [0.25, 0.3) is 0 Å². The number of hydrogen-bond donors (Lipinski definition) is 1. The van der Waals surface area contributed by atoms with Crippen molar-refractivity contribution in [2.24, 2.45) is 0 Å². The maximum atomic E-state index is 12.9. The standard InChI is InChI=1S/C20H25FN2O3S2/c1-4-23(5-2)28(25,26)19-12-18(11-6-15(19)3)22-20(24)14-27-13-16-7-9-17(21)10-8-16/h6-12H,4-5,13-14H2,1-3H3,(H,22,24). The molecule has 0 aliphatic carbocycles. The van der Waals surface area contributed by atoms with E-state index in [4.69, 9.17) is 0 Å². The van der Waals surface area contributed by atoms with Gasteiger partial charge in [-0.05, 0) is 42.3 Å². The Bertz CT molecular complexity index is 912. The van der Waals surface area contributed by atoms with E-state index in [2.05, 4.69) is 5.32 Å². The number of nitrogens with one attached hydrogen (secondary N) is 1. The lowest BCUT2D eigenvalue weighted by atomic mass is 10.2. The molecule has 0 radical (unpaired) electrons. The predicted octanol–water partition coefficient (Wildman–Crippen LogP) is 4.04. The lowest BCUT2D eigenvalue weighted by Crippen LogP contribution is -2.31. The number of rotatable bonds is 9. The third kappa shape index (κ3) is 5.80. The lowest BCUT2D eigenvalue weighted by molar-refractivity contribution is -0.113. The highest BCUT2D eigenvalue weighted by Crippen LogP contribution is 2.24. The Kier molecular flexibility index (Phi) is 8.03. The molecule has 152 valence electrons. The minimum Gasteiger partial charge on any atom is -0.325 e. The van der Waals surface area contributed by atoms with Gasteiger partial charge in [0.2, 0.25) is 15.9 Å². The second-order valence-corrected chi connectivity index (χ2v) is 9.13. The van der Waals surface area contributed by atoms with Crippen LogP contribution in [0.5, 0.6) is 0 Å². The fourth-order valence-electron chi connectivity index (χ4n) is 2.70. The summed E-state index contributed by atoms with van der Waals surface area (Å²) < 4.78 is 39.9. The molecule has 0 atom stereocenters. The molecule has 0 aliphatic rings. The van der Waals surface area contributed by atoms with Crippen LogP contribution < -0.4 is 5.32 Å². The van der Waals surface area contributed by atoms with E-state index in [1.165, 1.54) is 34.3 Å². The zero-order valence-electron chi connectivity index (χ0n) is 16.2. The van der Waals surface area contributed by atoms with Gasteiger partial charge in [-0.2, -0.15) is 4.31 Å². The molecule has 2 aromatic rings. The van der Waals surface area contributed by atoms with Gasteiger partial charge >= 0.3 is 0 Å². The molecule has 28 heavy (non-hydrogen) atoms. The normalized spacial score (nSPS) is 11.6. The van der Waals surface area contributed by atoms with Gasteiger partial charge in [-0.25, -0.2) is 12.8 Å². The molecule has 0 fully saturated rings. The van der Waals surface area contributed by atoms with Crippen LogP contribution >= 0.6 is 11.8 Å². The van der Waals surface area contributed by atoms with Crippen LogP contribution in [-0.4, -0.2) is 37.5 Å². The van der Waals surface area contributed by atoms with Crippen LogP contribution in [-0.2, 0) is 20.6 Å². The maximum Gasteiger partial charge on any atom is 0.243 e. The molecule has 5 nitrogen and oxygen atoms in total. The summed E-state index contributed by atoms with van der Waals surface area (Å²) >= 11 is 1.40. The van der Waals surface area contributed by atoms with Crippen molar-refractivity contribution >= 4 is 33.4 Å². The molecule has 0 spiro atoms. The highest BCUT2D eigenvalue weighted by atomic mass is 32.2. The van der Waals surface area contributed by atoms with Gasteiger partial charge in [0.25, 0.3) is 0 Å². The molecule has 0 aliphatic heterocycles. The zero-order chi connectivity index (χ0) is 20.7. The van der Waals surface area contributed by atoms with Gasteiger partial charge in [0, 0.05) is 24.5 Å². The Hall–Kier alpha value is -1.90. The van der Waals surface area contributed by atoms with Crippen LogP contribution in [0.15, 0.2) is 47.4 Å². The van der Waals surface area contributed by atoms with Crippen molar-refractivity contribution in [3.8, 4) is 0 Å². The first-order valence-corrected chi connectivity index (χ1v) is 11.6. The molecule has 1 N–H and O–H groups in total. The van der Waals surface area contributed by atoms with Crippen LogP contribution in [0.4, 0.5) is 10.1 Å². The third-order valence-electron chi connectivity index (χ3n) is 4.21. The predicted molar refractivity (Wildman–Crippen MR) is 112 cm³/mol. The summed E-state index contributed by atoms with van der Waals surface area (Å²) in [5.74, 6) is 0.288. The monoisotopic (exact) mass is 424 g/mol. The number of benzene rings is 2. The smallest absolute Gasteiger partial charge is 0.243 e. The number of thioether (sulfide) groups is 1. The minimum absolute atomic E-state index is 0.202. The molecule has 2 aromatic carbocycles. The average molecular weight is 425 g/mol. The van der Waals surface area contributed by atoms with E-state index < -0.39 is 10.0 Å². The molecule has 8 heteroatoms. The molecule has 0 aromatic heterocycles. The number of hydrogen-bond acceptors (Lipinski definition) is 4. The van der Waals surface area contributed by atoms with Crippen LogP contribution in [0, 0.1) is 12.7 Å². The number of sulfonamides is 1. The second-order valence-electron chi connectivity index (χ2n) is 6.24. The molecule has 0 saturated carbocycles. The van der Waals surface area contributed by atoms with E-state index in [-0.39, 0.29) is 22.4 Å². The average Bonchev–Trinajstić information content (AvgIpc) is 2.65. The molecular weight excluding hydrogens is 399 g/mol. The summed E-state index contributed by atoms with van der Waals surface area (Å²) in [7, 11) is -3.60. The number of amides is 1. The highest BCUT2D eigenvalue weighted by molar-refractivity contribution is 7.99. The highest BCUT2D eigenvalue weighted by Gasteiger charge is 2.24. The summed E-state index contributed by atoms with van der Waals surface area (Å²) in [5, 5.41) is 2.75. The summed E-state index contributed by atoms with van der Waals surface area (Å²) in [6.45, 7) is 6.09. The van der Waals surface area contributed by atoms with Crippen molar-refractivity contribution in [1.82, 2.24) is 4.31 Å². The fourth-order valence-corrected chi connectivity index (χ4v) is 5.19. The lowest BCUT2D eigenvalue weighted by Gasteiger charge is -2.20. The Labute approximate surface area is 170 Å². The van der Waals surface area contributed by atoms with Gasteiger partial charge in [0.05, 0.1) is 10.6 Å². The van der Waals surface area contributed by atoms with Crippen LogP contribution in [0.1, 0.15) is 25.0 Å². The number of nitrogens with zero attached hydrogens (tertiary/aromatic N) is 1. The van der Waals surface area contributed by atoms with E-state index in [0.717, 1.165) is 5.56 Å². The molecule has 0 heterocycles. The maximum absolute atomic E-state index is 12.9. The summed E-state index contributed by atoms with van der Waals surface area (Å²) in [6.07, 6.45) is 0. The van der Waals surface area contributed by atoms with E-state index in [0.29, 0.717) is 30.1 Å². The van der Waals surface area contributed by atoms with Crippen LogP contribution in [0.2, 0.25) is 0 Å². The number of carbonyl (C=O) groups excluding carboxylic acids is 1. The Balaban J connectivity index is 2.02. The second kappa shape index (κ2) is 10.0. The fraction of sp³-hybridized carbons (Fsp3) is 0.350. The topological polar surface area (TPSA) is 66.5 Å². The first-order chi connectivity index (χ1) is 13.3. The largest absolute Gasteiger partial charge is 0.325 e. The summed E-state index contributed by atoms with van der Waals surface area (Å²) in [4.78, 5) is 12.4. The first kappa shape index (κ1) is 22.4. The van der Waals surface area contributed by atoms with Crippen molar-refractivity contribution in [3.05, 3.63) is 59.4 Å². The number of halogens is 1. The molecule has 2 rings (SSSR count). The molecular formula is C20H25FN2O3S2. The van der Waals surface area contributed by atoms with Gasteiger partial charge in [-0.3, -0.25) is 4.79 Å². The van der Waals surface area contributed by atoms with Gasteiger partial charge in [0.1, 0.15) is 5.82 Å². The number of aryl methyl sites for hydroxylation is 1. The quantitative estimate of drug-likeness (QED) is 0.660. The molecule has 0 bridgehead atoms. The Morgan fingerprint density at radius 2 is 1.75 bits per heavy atom. The molecule has 1 amide bonds. The third-order valence-corrected chi connectivity index (χ3v) is 7.41. The summed E-state index contributed by atoms with van der Waals surface area (Å²) in [5.41, 5.74) is 2.02. The Morgan fingerprint density at radius 3 is 2.36 bits per heavy atom. The van der Waals surface area contributed by atoms with E-state index in [9.17, 15) is 17.6 Å². The SMILES string of the molecule is CCN(CC)S(=O)(=O)c1cc(NC(=O)CSCc2ccc(F)cc2)ccc1C. The van der Waals surface area contributed by atoms with Crippen molar-refractivity contribution in [3.63, 3.8) is 0 Å². The summed E-state index contributed by atoms with van der Waals surface area (Å²) in [6, 6.07) is 11.0. The number of anilines is 1. The van der Waals surface area contributed by atoms with Gasteiger partial charge in [-0.1, -0.05) is 32.0 Å². The van der Waals surface area contributed by atoms with Gasteiger partial charge in [0.15, 0.2) is 0 Å². The zero-order valence-corrected chi connectivity index (χ0v) is 17.9. The van der Waals surface area contributed by atoms with Crippen LogP contribution in [0.3, 0.4) is 0 Å². The van der Waals surface area contributed by atoms with E-state index in [1.54, 1.807) is 45.0 Å². The van der Waals surface area contributed by atoms with E-state index >= 15 is 0 Å². The first-order valence-electron chi connectivity index (χ1n) is 9.00. The molecule has 0 unspecified atom stereocenters. The number of carbonyl (C=O) groups is 1. The van der Waals surface area contributed by atoms with Crippen molar-refractivity contribution in [2.75, 3.05) is 24.2 Å². The van der Waals surface area contributed by atoms with Gasteiger partial charge in [-0.15, -0.1) is 11.8 Å².